The van der Waals surface area contributed by atoms with Gasteiger partial charge in [0.15, 0.2) is 0 Å². The number of ether oxygens (including phenoxy) is 2. The predicted octanol–water partition coefficient (Wildman–Crippen LogP) is 2.19. The fourth-order valence-corrected chi connectivity index (χ4v) is 4.12. The third-order valence-electron chi connectivity index (χ3n) is 4.95. The molecule has 120 valence electrons. The minimum Gasteiger partial charge on any atom is -0.381 e. The fourth-order valence-electron chi connectivity index (χ4n) is 3.59. The molecule has 2 heterocycles. The van der Waals surface area contributed by atoms with Crippen LogP contribution in [0.2, 0.25) is 0 Å². The van der Waals surface area contributed by atoms with E-state index in [4.69, 9.17) is 9.47 Å². The average molecular weight is 322 g/mol. The molecule has 1 aliphatic heterocycles. The molecule has 3 fully saturated rings. The van der Waals surface area contributed by atoms with Crippen molar-refractivity contribution in [3.05, 3.63) is 16.6 Å². The third-order valence-corrected chi connectivity index (χ3v) is 5.54. The Morgan fingerprint density at radius 2 is 2.23 bits per heavy atom. The van der Waals surface area contributed by atoms with Gasteiger partial charge in [0.25, 0.3) is 5.91 Å². The molecule has 0 aromatic carbocycles. The second kappa shape index (κ2) is 6.26. The molecule has 6 heteroatoms. The van der Waals surface area contributed by atoms with Crippen LogP contribution in [-0.4, -0.2) is 54.3 Å². The summed E-state index contributed by atoms with van der Waals surface area (Å²) in [6.07, 6.45) is 4.83. The average Bonchev–Trinajstić information content (AvgIpc) is 3.04. The molecule has 22 heavy (non-hydrogen) atoms. The number of thiazole rings is 1. The van der Waals surface area contributed by atoms with Crippen LogP contribution in [0.4, 0.5) is 0 Å². The molecule has 0 N–H and O–H groups in total. The lowest BCUT2D eigenvalue weighted by atomic mass is 10.1. The van der Waals surface area contributed by atoms with Crippen molar-refractivity contribution in [2.45, 2.75) is 37.8 Å². The first kappa shape index (κ1) is 14.6. The highest BCUT2D eigenvalue weighted by Gasteiger charge is 2.43. The van der Waals surface area contributed by atoms with Gasteiger partial charge in [0.2, 0.25) is 0 Å². The molecule has 4 rings (SSSR count). The number of nitrogens with zero attached hydrogens (tertiary/aromatic N) is 2. The van der Waals surface area contributed by atoms with Gasteiger partial charge in [-0.3, -0.25) is 4.79 Å². The van der Waals surface area contributed by atoms with Crippen molar-refractivity contribution in [3.63, 3.8) is 0 Å². The van der Waals surface area contributed by atoms with E-state index in [9.17, 15) is 4.79 Å². The standard InChI is InChI=1S/C16H22N2O3S/c19-16(13-9-22-10-17-13)18-3-4-21-15-6-12(5-14(15)18)8-20-7-11-1-2-11/h9-12,14-15H,1-8H2/t12-,14-,15+/m0/s1. The van der Waals surface area contributed by atoms with Crippen LogP contribution in [0.25, 0.3) is 0 Å². The first-order valence-electron chi connectivity index (χ1n) is 8.20. The lowest BCUT2D eigenvalue weighted by Gasteiger charge is -2.37. The van der Waals surface area contributed by atoms with Crippen LogP contribution in [-0.2, 0) is 9.47 Å². The molecular formula is C16H22N2O3S. The Balaban J connectivity index is 1.36. The van der Waals surface area contributed by atoms with Crippen molar-refractivity contribution in [3.8, 4) is 0 Å². The molecule has 0 bridgehead atoms. The molecule has 0 unspecified atom stereocenters. The number of rotatable bonds is 5. The molecule has 0 spiro atoms. The monoisotopic (exact) mass is 322 g/mol. The molecule has 1 aromatic heterocycles. The van der Waals surface area contributed by atoms with E-state index in [0.29, 0.717) is 24.8 Å². The summed E-state index contributed by atoms with van der Waals surface area (Å²) in [6, 6.07) is 0.192. The van der Waals surface area contributed by atoms with Crippen LogP contribution in [0.15, 0.2) is 10.9 Å². The molecule has 1 saturated heterocycles. The number of morpholine rings is 1. The lowest BCUT2D eigenvalue weighted by molar-refractivity contribution is -0.0451. The molecule has 2 aliphatic carbocycles. The van der Waals surface area contributed by atoms with Crippen molar-refractivity contribution >= 4 is 17.2 Å². The van der Waals surface area contributed by atoms with Crippen molar-refractivity contribution < 1.29 is 14.3 Å². The first-order chi connectivity index (χ1) is 10.8. The SMILES string of the molecule is O=C(c1cscn1)N1CCO[C@@H]2C[C@@H](COCC3CC3)C[C@@H]21. The topological polar surface area (TPSA) is 51.7 Å². The summed E-state index contributed by atoms with van der Waals surface area (Å²) in [7, 11) is 0. The molecule has 1 amide bonds. The number of hydrogen-bond acceptors (Lipinski definition) is 5. The van der Waals surface area contributed by atoms with Gasteiger partial charge >= 0.3 is 0 Å². The van der Waals surface area contributed by atoms with Gasteiger partial charge < -0.3 is 14.4 Å². The molecule has 1 aromatic rings. The third kappa shape index (κ3) is 3.05. The fraction of sp³-hybridized carbons (Fsp3) is 0.750. The second-order valence-electron chi connectivity index (χ2n) is 6.67. The zero-order chi connectivity index (χ0) is 14.9. The van der Waals surface area contributed by atoms with E-state index in [1.54, 1.807) is 5.51 Å². The van der Waals surface area contributed by atoms with Crippen LogP contribution in [0.5, 0.6) is 0 Å². The normalized spacial score (nSPS) is 31.3. The summed E-state index contributed by atoms with van der Waals surface area (Å²) in [4.78, 5) is 18.7. The van der Waals surface area contributed by atoms with Crippen LogP contribution in [0.1, 0.15) is 36.2 Å². The van der Waals surface area contributed by atoms with Crippen LogP contribution >= 0.6 is 11.3 Å². The van der Waals surface area contributed by atoms with E-state index >= 15 is 0 Å². The number of hydrogen-bond donors (Lipinski definition) is 0. The summed E-state index contributed by atoms with van der Waals surface area (Å²) < 4.78 is 11.7. The highest BCUT2D eigenvalue weighted by molar-refractivity contribution is 7.07. The minimum atomic E-state index is 0.0547. The van der Waals surface area contributed by atoms with Gasteiger partial charge in [-0.25, -0.2) is 4.98 Å². The zero-order valence-electron chi connectivity index (χ0n) is 12.6. The Morgan fingerprint density at radius 3 is 3.00 bits per heavy atom. The molecule has 2 saturated carbocycles. The van der Waals surface area contributed by atoms with Gasteiger partial charge in [0.05, 0.1) is 24.3 Å². The van der Waals surface area contributed by atoms with Gasteiger partial charge in [-0.1, -0.05) is 0 Å². The van der Waals surface area contributed by atoms with Gasteiger partial charge in [0.1, 0.15) is 5.69 Å². The van der Waals surface area contributed by atoms with E-state index in [-0.39, 0.29) is 18.1 Å². The van der Waals surface area contributed by atoms with E-state index in [1.807, 2.05) is 10.3 Å². The highest BCUT2D eigenvalue weighted by atomic mass is 32.1. The van der Waals surface area contributed by atoms with Gasteiger partial charge in [-0.2, -0.15) is 0 Å². The largest absolute Gasteiger partial charge is 0.381 e. The predicted molar refractivity (Wildman–Crippen MR) is 82.9 cm³/mol. The first-order valence-corrected chi connectivity index (χ1v) is 9.14. The maximum absolute atomic E-state index is 12.6. The van der Waals surface area contributed by atoms with E-state index < -0.39 is 0 Å². The molecule has 5 nitrogen and oxygen atoms in total. The highest BCUT2D eigenvalue weighted by Crippen LogP contribution is 2.36. The number of carbonyl (C=O) groups is 1. The van der Waals surface area contributed by atoms with Crippen LogP contribution in [0, 0.1) is 11.8 Å². The Bertz CT molecular complexity index is 517. The number of amides is 1. The lowest BCUT2D eigenvalue weighted by Crippen LogP contribution is -2.51. The molecule has 3 atom stereocenters. The van der Waals surface area contributed by atoms with Crippen molar-refractivity contribution in [1.29, 1.82) is 0 Å². The molecule has 0 radical (unpaired) electrons. The smallest absolute Gasteiger partial charge is 0.273 e. The summed E-state index contributed by atoms with van der Waals surface area (Å²) in [5.74, 6) is 1.37. The Labute approximate surface area is 134 Å². The zero-order valence-corrected chi connectivity index (χ0v) is 13.5. The van der Waals surface area contributed by atoms with Crippen molar-refractivity contribution in [2.24, 2.45) is 11.8 Å². The Hall–Kier alpha value is -0.980. The number of fused-ring (bicyclic) bond motifs is 1. The van der Waals surface area contributed by atoms with Gasteiger partial charge in [-0.05, 0) is 37.5 Å². The summed E-state index contributed by atoms with van der Waals surface area (Å²) in [6.45, 7) is 3.03. The summed E-state index contributed by atoms with van der Waals surface area (Å²) >= 11 is 1.47. The maximum atomic E-state index is 12.6. The Morgan fingerprint density at radius 1 is 1.36 bits per heavy atom. The van der Waals surface area contributed by atoms with E-state index in [0.717, 1.165) is 32.0 Å². The minimum absolute atomic E-state index is 0.0547. The summed E-state index contributed by atoms with van der Waals surface area (Å²) in [5.41, 5.74) is 2.29. The number of aromatic nitrogens is 1. The quantitative estimate of drug-likeness (QED) is 0.834. The second-order valence-corrected chi connectivity index (χ2v) is 7.39. The van der Waals surface area contributed by atoms with Gasteiger partial charge in [-0.15, -0.1) is 11.3 Å². The summed E-state index contributed by atoms with van der Waals surface area (Å²) in [5, 5.41) is 1.83. The molecular weight excluding hydrogens is 300 g/mol. The maximum Gasteiger partial charge on any atom is 0.273 e. The number of carbonyl (C=O) groups excluding carboxylic acids is 1. The van der Waals surface area contributed by atoms with E-state index in [2.05, 4.69) is 4.98 Å². The van der Waals surface area contributed by atoms with Crippen LogP contribution < -0.4 is 0 Å². The van der Waals surface area contributed by atoms with Crippen LogP contribution in [0.3, 0.4) is 0 Å². The van der Waals surface area contributed by atoms with Gasteiger partial charge in [0, 0.05) is 25.1 Å². The Kier molecular flexibility index (Phi) is 4.15. The van der Waals surface area contributed by atoms with Crippen molar-refractivity contribution in [1.82, 2.24) is 9.88 Å². The molecule has 3 aliphatic rings. The van der Waals surface area contributed by atoms with Crippen molar-refractivity contribution in [2.75, 3.05) is 26.4 Å². The van der Waals surface area contributed by atoms with E-state index in [1.165, 1.54) is 24.2 Å².